The standard InChI is InChI=1S/C3H5N3/c1-2-6-3-5(1)4-6/h1-2,4H,3H2. The lowest BCUT2D eigenvalue weighted by atomic mass is 10.9. The van der Waals surface area contributed by atoms with Gasteiger partial charge in [0.1, 0.15) is 6.67 Å². The zero-order chi connectivity index (χ0) is 3.98. The molecule has 0 spiro atoms. The monoisotopic (exact) mass is 83.0 g/mol. The number of hydrogen-bond donors (Lipinski definition) is 1. The highest BCUT2D eigenvalue weighted by molar-refractivity contribution is 4.92. The van der Waals surface area contributed by atoms with Crippen LogP contribution in [0.25, 0.3) is 0 Å². The summed E-state index contributed by atoms with van der Waals surface area (Å²) in [7, 11) is 0. The number of hydrazine groups is 2. The molecule has 3 nitrogen and oxygen atoms in total. The Morgan fingerprint density at radius 3 is 2.00 bits per heavy atom. The van der Waals surface area contributed by atoms with Gasteiger partial charge in [-0.05, 0) is 0 Å². The molecule has 3 rings (SSSR count). The van der Waals surface area contributed by atoms with Crippen molar-refractivity contribution < 1.29 is 0 Å². The molecule has 0 aromatic heterocycles. The fraction of sp³-hybridized carbons (Fsp3) is 0.333. The Kier molecular flexibility index (Phi) is 0.223. The first-order chi connectivity index (χ1) is 2.95. The van der Waals surface area contributed by atoms with Crippen LogP contribution in [-0.4, -0.2) is 16.7 Å². The fourth-order valence-corrected chi connectivity index (χ4v) is 0.636. The van der Waals surface area contributed by atoms with Gasteiger partial charge < -0.3 is 0 Å². The third-order valence-corrected chi connectivity index (χ3v) is 0.988. The topological polar surface area (TPSA) is 18.5 Å². The minimum absolute atomic E-state index is 1.03. The molecule has 0 radical (unpaired) electrons. The van der Waals surface area contributed by atoms with Crippen molar-refractivity contribution in [3.63, 3.8) is 0 Å². The highest BCUT2D eigenvalue weighted by Crippen LogP contribution is 2.09. The highest BCUT2D eigenvalue weighted by atomic mass is 15.9. The summed E-state index contributed by atoms with van der Waals surface area (Å²) < 4.78 is 0. The molecule has 1 fully saturated rings. The van der Waals surface area contributed by atoms with Crippen LogP contribution in [-0.2, 0) is 0 Å². The molecule has 3 aliphatic rings. The van der Waals surface area contributed by atoms with E-state index < -0.39 is 0 Å². The number of nitrogens with zero attached hydrogens (tertiary/aromatic N) is 2. The fourth-order valence-electron chi connectivity index (χ4n) is 0.636. The van der Waals surface area contributed by atoms with Gasteiger partial charge in [0.25, 0.3) is 0 Å². The van der Waals surface area contributed by atoms with Crippen molar-refractivity contribution in [1.82, 2.24) is 15.6 Å². The van der Waals surface area contributed by atoms with Gasteiger partial charge in [0.15, 0.2) is 0 Å². The van der Waals surface area contributed by atoms with Gasteiger partial charge in [0.05, 0.1) is 0 Å². The van der Waals surface area contributed by atoms with E-state index in [0.717, 1.165) is 6.67 Å². The molecule has 1 N–H and O–H groups in total. The lowest BCUT2D eigenvalue weighted by molar-refractivity contribution is -0.0247. The zero-order valence-electron chi connectivity index (χ0n) is 3.26. The van der Waals surface area contributed by atoms with Gasteiger partial charge in [0, 0.05) is 12.4 Å². The molecule has 0 aromatic carbocycles. The Morgan fingerprint density at radius 2 is 1.83 bits per heavy atom. The Hall–Kier alpha value is -0.700. The van der Waals surface area contributed by atoms with Crippen molar-refractivity contribution in [2.75, 3.05) is 6.67 Å². The normalized spacial score (nSPS) is 25.3. The Labute approximate surface area is 35.8 Å². The third-order valence-electron chi connectivity index (χ3n) is 0.988. The second-order valence-corrected chi connectivity index (χ2v) is 1.48. The van der Waals surface area contributed by atoms with E-state index in [0.29, 0.717) is 0 Å². The van der Waals surface area contributed by atoms with E-state index in [2.05, 4.69) is 5.53 Å². The molecule has 0 atom stereocenters. The maximum Gasteiger partial charge on any atom is 0.122 e. The molecular weight excluding hydrogens is 78.1 g/mol. The van der Waals surface area contributed by atoms with Gasteiger partial charge in [0.2, 0.25) is 0 Å². The first-order valence-electron chi connectivity index (χ1n) is 1.93. The van der Waals surface area contributed by atoms with Crippen molar-refractivity contribution >= 4 is 0 Å². The Morgan fingerprint density at radius 1 is 1.33 bits per heavy atom. The summed E-state index contributed by atoms with van der Waals surface area (Å²) in [5.74, 6) is 0. The molecule has 3 aliphatic heterocycles. The maximum atomic E-state index is 2.97. The lowest BCUT2D eigenvalue weighted by Gasteiger charge is -2.33. The Balaban J connectivity index is 2.32. The van der Waals surface area contributed by atoms with Crippen LogP contribution in [0.2, 0.25) is 0 Å². The molecule has 0 aliphatic carbocycles. The van der Waals surface area contributed by atoms with E-state index in [1.54, 1.807) is 0 Å². The van der Waals surface area contributed by atoms with Crippen LogP contribution in [0.15, 0.2) is 12.4 Å². The maximum absolute atomic E-state index is 2.97. The van der Waals surface area contributed by atoms with Crippen LogP contribution in [0, 0.1) is 0 Å². The van der Waals surface area contributed by atoms with Crippen LogP contribution in [0.1, 0.15) is 0 Å². The largest absolute Gasteiger partial charge is 0.275 e. The molecule has 6 heavy (non-hydrogen) atoms. The number of nitrogens with one attached hydrogen (secondary N) is 1. The van der Waals surface area contributed by atoms with Crippen molar-refractivity contribution in [2.45, 2.75) is 0 Å². The van der Waals surface area contributed by atoms with E-state index in [9.17, 15) is 0 Å². The second kappa shape index (κ2) is 0.541. The molecule has 0 aromatic rings. The minimum atomic E-state index is 1.03. The van der Waals surface area contributed by atoms with Crippen molar-refractivity contribution in [3.8, 4) is 0 Å². The van der Waals surface area contributed by atoms with Gasteiger partial charge in [-0.3, -0.25) is 10.0 Å². The average Bonchev–Trinajstić information content (AvgIpc) is 1.72. The summed E-state index contributed by atoms with van der Waals surface area (Å²) >= 11 is 0. The summed E-state index contributed by atoms with van der Waals surface area (Å²) in [6.07, 6.45) is 4.00. The van der Waals surface area contributed by atoms with E-state index in [1.165, 1.54) is 0 Å². The van der Waals surface area contributed by atoms with Gasteiger partial charge in [-0.15, -0.1) is 5.53 Å². The molecule has 32 valence electrons. The summed E-state index contributed by atoms with van der Waals surface area (Å²) in [5.41, 5.74) is 2.97. The lowest BCUT2D eigenvalue weighted by Crippen LogP contribution is -2.55. The average molecular weight is 83.1 g/mol. The van der Waals surface area contributed by atoms with Gasteiger partial charge in [-0.1, -0.05) is 0 Å². The molecular formula is C3H5N3. The van der Waals surface area contributed by atoms with Crippen molar-refractivity contribution in [2.24, 2.45) is 0 Å². The third kappa shape index (κ3) is 0.115. The van der Waals surface area contributed by atoms with Gasteiger partial charge in [-0.2, -0.15) is 0 Å². The molecule has 0 amide bonds. The number of hydrogen-bond acceptors (Lipinski definition) is 3. The van der Waals surface area contributed by atoms with Gasteiger partial charge in [-0.25, -0.2) is 0 Å². The predicted molar refractivity (Wildman–Crippen MR) is 20.8 cm³/mol. The molecule has 0 saturated carbocycles. The minimum Gasteiger partial charge on any atom is -0.275 e. The van der Waals surface area contributed by atoms with Crippen LogP contribution < -0.4 is 5.53 Å². The summed E-state index contributed by atoms with van der Waals surface area (Å²) in [6, 6.07) is 0. The molecule has 2 bridgehead atoms. The van der Waals surface area contributed by atoms with Crippen LogP contribution >= 0.6 is 0 Å². The molecule has 1 saturated heterocycles. The number of rotatable bonds is 0. The first-order valence-corrected chi connectivity index (χ1v) is 1.93. The van der Waals surface area contributed by atoms with E-state index in [1.807, 2.05) is 22.4 Å². The van der Waals surface area contributed by atoms with Crippen molar-refractivity contribution in [1.29, 1.82) is 0 Å². The predicted octanol–water partition coefficient (Wildman–Crippen LogP) is -0.534. The molecule has 3 heteroatoms. The molecule has 3 heterocycles. The SMILES string of the molecule is C1=CN2CN1N2. The van der Waals surface area contributed by atoms with E-state index >= 15 is 0 Å². The van der Waals surface area contributed by atoms with E-state index in [4.69, 9.17) is 0 Å². The van der Waals surface area contributed by atoms with Crippen LogP contribution in [0.5, 0.6) is 0 Å². The van der Waals surface area contributed by atoms with Crippen LogP contribution in [0.4, 0.5) is 0 Å². The summed E-state index contributed by atoms with van der Waals surface area (Å²) in [5, 5.41) is 4.00. The summed E-state index contributed by atoms with van der Waals surface area (Å²) in [6.45, 7) is 1.03. The smallest absolute Gasteiger partial charge is 0.122 e. The van der Waals surface area contributed by atoms with Crippen LogP contribution in [0.3, 0.4) is 0 Å². The zero-order valence-corrected chi connectivity index (χ0v) is 3.26. The second-order valence-electron chi connectivity index (χ2n) is 1.48. The Bertz CT molecular complexity index is 82.2. The highest BCUT2D eigenvalue weighted by Gasteiger charge is 2.21. The summed E-state index contributed by atoms with van der Waals surface area (Å²) in [4.78, 5) is 0. The van der Waals surface area contributed by atoms with E-state index in [-0.39, 0.29) is 0 Å². The first kappa shape index (κ1) is 2.47. The molecule has 0 unspecified atom stereocenters. The van der Waals surface area contributed by atoms with Gasteiger partial charge >= 0.3 is 0 Å². The quantitative estimate of drug-likeness (QED) is 0.424. The van der Waals surface area contributed by atoms with Crippen molar-refractivity contribution in [3.05, 3.63) is 12.4 Å².